The molecule has 0 bridgehead atoms. The fourth-order valence-electron chi connectivity index (χ4n) is 4.35. The molecule has 1 atom stereocenters. The van der Waals surface area contributed by atoms with Crippen LogP contribution in [0.2, 0.25) is 10.0 Å². The quantitative estimate of drug-likeness (QED) is 0.254. The largest absolute Gasteiger partial charge is 0.493 e. The van der Waals surface area contributed by atoms with Crippen molar-refractivity contribution in [2.75, 3.05) is 20.3 Å². The maximum Gasteiger partial charge on any atom is 0.338 e. The van der Waals surface area contributed by atoms with Crippen molar-refractivity contribution >= 4 is 46.6 Å². The van der Waals surface area contributed by atoms with Gasteiger partial charge >= 0.3 is 5.97 Å². The van der Waals surface area contributed by atoms with Crippen LogP contribution in [0.15, 0.2) is 57.5 Å². The summed E-state index contributed by atoms with van der Waals surface area (Å²) in [6, 6.07) is 9.85. The zero-order chi connectivity index (χ0) is 29.8. The summed E-state index contributed by atoms with van der Waals surface area (Å²) in [6.07, 6.45) is 2.64. The molecule has 0 saturated heterocycles. The van der Waals surface area contributed by atoms with Crippen LogP contribution in [0, 0.1) is 11.8 Å². The van der Waals surface area contributed by atoms with Crippen molar-refractivity contribution in [1.29, 1.82) is 0 Å². The molecule has 2 heterocycles. The predicted molar refractivity (Wildman–Crippen MR) is 164 cm³/mol. The fraction of sp³-hybridized carbons (Fsp3) is 0.387. The van der Waals surface area contributed by atoms with Crippen LogP contribution < -0.4 is 24.4 Å². The van der Waals surface area contributed by atoms with Gasteiger partial charge in [0.05, 0.1) is 52.2 Å². The molecule has 1 aliphatic rings. The highest BCUT2D eigenvalue weighted by Crippen LogP contribution is 2.36. The lowest BCUT2D eigenvalue weighted by Crippen LogP contribution is -2.40. The number of ether oxygens (including phenoxy) is 3. The van der Waals surface area contributed by atoms with E-state index in [1.165, 1.54) is 11.3 Å². The van der Waals surface area contributed by atoms with E-state index in [1.807, 2.05) is 26.0 Å². The summed E-state index contributed by atoms with van der Waals surface area (Å²) in [5, 5.41) is 0.816. The lowest BCUT2D eigenvalue weighted by atomic mass is 9.95. The molecule has 0 N–H and O–H groups in total. The Morgan fingerprint density at radius 3 is 2.49 bits per heavy atom. The van der Waals surface area contributed by atoms with E-state index < -0.39 is 12.0 Å². The minimum atomic E-state index is -0.777. The number of halogens is 2. The van der Waals surface area contributed by atoms with Crippen molar-refractivity contribution in [3.63, 3.8) is 0 Å². The van der Waals surface area contributed by atoms with Gasteiger partial charge in [-0.15, -0.1) is 0 Å². The maximum absolute atomic E-state index is 13.9. The molecule has 0 radical (unpaired) electrons. The second-order valence-corrected chi connectivity index (χ2v) is 12.5. The first kappa shape index (κ1) is 30.9. The Balaban J connectivity index is 1.86. The van der Waals surface area contributed by atoms with Gasteiger partial charge in [-0.3, -0.25) is 9.36 Å². The van der Waals surface area contributed by atoms with Crippen LogP contribution in [0.4, 0.5) is 0 Å². The van der Waals surface area contributed by atoms with E-state index in [0.717, 1.165) is 12.0 Å². The number of benzene rings is 2. The third-order valence-electron chi connectivity index (χ3n) is 6.49. The number of carbonyl (C=O) groups is 1. The smallest absolute Gasteiger partial charge is 0.338 e. The van der Waals surface area contributed by atoms with Crippen LogP contribution in [0.5, 0.6) is 11.5 Å². The second-order valence-electron chi connectivity index (χ2n) is 10.7. The normalized spacial score (nSPS) is 15.3. The molecule has 0 saturated carbocycles. The molecule has 0 spiro atoms. The summed E-state index contributed by atoms with van der Waals surface area (Å²) in [5.74, 6) is 1.23. The van der Waals surface area contributed by atoms with E-state index in [2.05, 4.69) is 18.8 Å². The van der Waals surface area contributed by atoms with Crippen molar-refractivity contribution < 1.29 is 19.0 Å². The van der Waals surface area contributed by atoms with Crippen molar-refractivity contribution in [1.82, 2.24) is 4.57 Å². The first-order chi connectivity index (χ1) is 19.5. The van der Waals surface area contributed by atoms with Crippen molar-refractivity contribution in [3.8, 4) is 11.5 Å². The molecule has 1 unspecified atom stereocenters. The summed E-state index contributed by atoms with van der Waals surface area (Å²) in [4.78, 5) is 32.5. The third-order valence-corrected chi connectivity index (χ3v) is 8.21. The van der Waals surface area contributed by atoms with E-state index in [1.54, 1.807) is 48.9 Å². The molecule has 41 heavy (non-hydrogen) atoms. The van der Waals surface area contributed by atoms with Crippen molar-refractivity contribution in [3.05, 3.63) is 88.5 Å². The topological polar surface area (TPSA) is 79.1 Å². The van der Waals surface area contributed by atoms with Crippen LogP contribution in [0.1, 0.15) is 58.2 Å². The molecular weight excluding hydrogens is 583 g/mol. The van der Waals surface area contributed by atoms with E-state index in [9.17, 15) is 9.59 Å². The molecule has 3 aromatic rings. The average molecular weight is 618 g/mol. The van der Waals surface area contributed by atoms with Gasteiger partial charge in [0.1, 0.15) is 0 Å². The van der Waals surface area contributed by atoms with Gasteiger partial charge in [0.2, 0.25) is 0 Å². The average Bonchev–Trinajstić information content (AvgIpc) is 3.22. The molecule has 1 aromatic heterocycles. The van der Waals surface area contributed by atoms with Crippen LogP contribution in [-0.4, -0.2) is 30.9 Å². The van der Waals surface area contributed by atoms with Crippen LogP contribution in [0.25, 0.3) is 6.08 Å². The third kappa shape index (κ3) is 7.05. The Kier molecular flexibility index (Phi) is 10.00. The van der Waals surface area contributed by atoms with Crippen LogP contribution in [0.3, 0.4) is 0 Å². The number of hydrogen-bond donors (Lipinski definition) is 0. The number of esters is 1. The first-order valence-corrected chi connectivity index (χ1v) is 15.0. The van der Waals surface area contributed by atoms with Crippen molar-refractivity contribution in [2.45, 2.75) is 47.1 Å². The van der Waals surface area contributed by atoms with E-state index in [-0.39, 0.29) is 18.1 Å². The van der Waals surface area contributed by atoms with Crippen LogP contribution >= 0.6 is 34.5 Å². The number of carbonyl (C=O) groups excluding carboxylic acids is 1. The number of nitrogens with zero attached hydrogens (tertiary/aromatic N) is 2. The Morgan fingerprint density at radius 1 is 1.07 bits per heavy atom. The Bertz CT molecular complexity index is 1660. The predicted octanol–water partition coefficient (Wildman–Crippen LogP) is 6.17. The zero-order valence-corrected chi connectivity index (χ0v) is 26.3. The van der Waals surface area contributed by atoms with E-state index >= 15 is 0 Å². The van der Waals surface area contributed by atoms with Gasteiger partial charge in [0.25, 0.3) is 5.56 Å². The highest BCUT2D eigenvalue weighted by molar-refractivity contribution is 7.07. The summed E-state index contributed by atoms with van der Waals surface area (Å²) >= 11 is 13.5. The summed E-state index contributed by atoms with van der Waals surface area (Å²) < 4.78 is 19.3. The van der Waals surface area contributed by atoms with Gasteiger partial charge in [-0.2, -0.15) is 0 Å². The standard InChI is InChI=1S/C31H34Cl2N2O5S/c1-17(2)11-12-39-24-10-8-21(15-25(24)38-6)28-27(30(37)40-16-18(3)4)19(5)34-31-35(28)29(36)26(41-31)14-20-7-9-22(32)23(33)13-20/h7-10,13-15,17-18,28H,11-12,16H2,1-6H3. The molecular formula is C31H34Cl2N2O5S. The maximum atomic E-state index is 13.9. The van der Waals surface area contributed by atoms with E-state index in [0.29, 0.717) is 60.2 Å². The number of rotatable bonds is 10. The van der Waals surface area contributed by atoms with Gasteiger partial charge in [-0.1, -0.05) is 74.4 Å². The lowest BCUT2D eigenvalue weighted by Gasteiger charge is -2.25. The van der Waals surface area contributed by atoms with Crippen molar-refractivity contribution in [2.24, 2.45) is 16.8 Å². The number of allylic oxidation sites excluding steroid dienone is 1. The number of hydrogen-bond acceptors (Lipinski definition) is 7. The molecule has 0 aliphatic carbocycles. The van der Waals surface area contributed by atoms with Gasteiger partial charge in [-0.25, -0.2) is 9.79 Å². The molecule has 0 fully saturated rings. The Labute approximate surface area is 253 Å². The molecule has 1 aliphatic heterocycles. The van der Waals surface area contributed by atoms with Gasteiger partial charge in [0.15, 0.2) is 16.3 Å². The highest BCUT2D eigenvalue weighted by Gasteiger charge is 2.34. The monoisotopic (exact) mass is 616 g/mol. The lowest BCUT2D eigenvalue weighted by molar-refractivity contribution is -0.140. The Morgan fingerprint density at radius 2 is 1.83 bits per heavy atom. The number of thiazole rings is 1. The second kappa shape index (κ2) is 13.3. The summed E-state index contributed by atoms with van der Waals surface area (Å²) in [5.41, 5.74) is 1.89. The molecule has 4 rings (SSSR count). The van der Waals surface area contributed by atoms with Gasteiger partial charge in [0, 0.05) is 0 Å². The Hall–Kier alpha value is -3.07. The van der Waals surface area contributed by atoms with Gasteiger partial charge < -0.3 is 14.2 Å². The molecule has 218 valence electrons. The molecule has 2 aromatic carbocycles. The minimum absolute atomic E-state index is 0.146. The van der Waals surface area contributed by atoms with E-state index in [4.69, 9.17) is 37.4 Å². The van der Waals surface area contributed by atoms with Gasteiger partial charge in [-0.05, 0) is 66.6 Å². The SMILES string of the molecule is COc1cc(C2C(C(=O)OCC(C)C)=C(C)N=c3sc(=Cc4ccc(Cl)c(Cl)c4)c(=O)n32)ccc1OCCC(C)C. The first-order valence-electron chi connectivity index (χ1n) is 13.5. The molecule has 7 nitrogen and oxygen atoms in total. The number of methoxy groups -OCH3 is 1. The summed E-state index contributed by atoms with van der Waals surface area (Å²) in [7, 11) is 1.57. The molecule has 0 amide bonds. The zero-order valence-electron chi connectivity index (χ0n) is 24.0. The van der Waals surface area contributed by atoms with Crippen LogP contribution in [-0.2, 0) is 9.53 Å². The fourth-order valence-corrected chi connectivity index (χ4v) is 5.70. The minimum Gasteiger partial charge on any atom is -0.493 e. The number of fused-ring (bicyclic) bond motifs is 1. The number of aromatic nitrogens is 1. The highest BCUT2D eigenvalue weighted by atomic mass is 35.5. The summed E-state index contributed by atoms with van der Waals surface area (Å²) in [6.45, 7) is 10.8. The molecule has 10 heteroatoms.